The van der Waals surface area contributed by atoms with Crippen molar-refractivity contribution in [3.63, 3.8) is 0 Å². The number of pyridine rings is 1. The molecule has 0 aromatic carbocycles. The van der Waals surface area contributed by atoms with E-state index in [1.807, 2.05) is 11.0 Å². The van der Waals surface area contributed by atoms with Gasteiger partial charge in [0.2, 0.25) is 5.91 Å². The van der Waals surface area contributed by atoms with Crippen LogP contribution in [0.5, 0.6) is 0 Å². The minimum Gasteiger partial charge on any atom is -0.340 e. The Kier molecular flexibility index (Phi) is 4.98. The summed E-state index contributed by atoms with van der Waals surface area (Å²) in [5.74, 6) is 0.0791. The number of nitrogens with zero attached hydrogens (tertiary/aromatic N) is 4. The fourth-order valence-electron chi connectivity index (χ4n) is 2.39. The van der Waals surface area contributed by atoms with Crippen LogP contribution in [0, 0.1) is 0 Å². The summed E-state index contributed by atoms with van der Waals surface area (Å²) in [6, 6.07) is 5.39. The third-order valence-corrected chi connectivity index (χ3v) is 3.50. The Hall–Kier alpha value is -1.86. The number of carbonyl (C=O) groups excluding carboxylic acids is 1. The Bertz CT molecular complexity index is 674. The van der Waals surface area contributed by atoms with Crippen LogP contribution in [-0.2, 0) is 11.3 Å². The number of amides is 1. The van der Waals surface area contributed by atoms with Crippen molar-refractivity contribution >= 4 is 24.0 Å². The fourth-order valence-corrected chi connectivity index (χ4v) is 2.39. The van der Waals surface area contributed by atoms with Crippen molar-refractivity contribution in [1.82, 2.24) is 24.4 Å². The summed E-state index contributed by atoms with van der Waals surface area (Å²) in [5, 5.41) is 7.42. The lowest BCUT2D eigenvalue weighted by atomic mass is 10.3. The Balaban J connectivity index is 0.00000161. The topological polar surface area (TPSA) is 71.6 Å². The molecule has 1 saturated heterocycles. The lowest BCUT2D eigenvalue weighted by Crippen LogP contribution is -2.46. The minimum absolute atomic E-state index is 0. The highest BCUT2D eigenvalue weighted by Gasteiger charge is 2.16. The van der Waals surface area contributed by atoms with Crippen LogP contribution in [0.25, 0.3) is 5.65 Å². The first-order chi connectivity index (χ1) is 9.75. The smallest absolute Gasteiger partial charge is 0.340 e. The van der Waals surface area contributed by atoms with E-state index in [-0.39, 0.29) is 24.0 Å². The first kappa shape index (κ1) is 15.5. The molecule has 1 N–H and O–H groups in total. The number of piperazine rings is 1. The zero-order valence-corrected chi connectivity index (χ0v) is 12.4. The molecule has 0 atom stereocenters. The van der Waals surface area contributed by atoms with Gasteiger partial charge >= 0.3 is 5.69 Å². The van der Waals surface area contributed by atoms with E-state index in [0.29, 0.717) is 18.6 Å². The van der Waals surface area contributed by atoms with E-state index in [1.54, 1.807) is 18.3 Å². The van der Waals surface area contributed by atoms with E-state index >= 15 is 0 Å². The maximum absolute atomic E-state index is 12.0. The molecule has 1 aliphatic heterocycles. The lowest BCUT2D eigenvalue weighted by molar-refractivity contribution is -0.132. The summed E-state index contributed by atoms with van der Waals surface area (Å²) in [4.78, 5) is 25.9. The van der Waals surface area contributed by atoms with Crippen molar-refractivity contribution in [3.8, 4) is 0 Å². The van der Waals surface area contributed by atoms with E-state index in [2.05, 4.69) is 10.4 Å². The van der Waals surface area contributed by atoms with Crippen LogP contribution in [0.3, 0.4) is 0 Å². The molecule has 21 heavy (non-hydrogen) atoms. The van der Waals surface area contributed by atoms with E-state index in [1.165, 1.54) is 9.08 Å². The predicted molar refractivity (Wildman–Crippen MR) is 80.8 cm³/mol. The summed E-state index contributed by atoms with van der Waals surface area (Å²) in [6.45, 7) is 3.46. The number of carbonyl (C=O) groups is 1. The van der Waals surface area contributed by atoms with E-state index in [0.717, 1.165) is 26.2 Å². The highest BCUT2D eigenvalue weighted by Crippen LogP contribution is 2.00. The molecule has 1 aliphatic rings. The second-order valence-corrected chi connectivity index (χ2v) is 4.82. The average molecular weight is 312 g/mol. The third-order valence-electron chi connectivity index (χ3n) is 3.50. The van der Waals surface area contributed by atoms with Gasteiger partial charge < -0.3 is 10.2 Å². The molecule has 3 rings (SSSR count). The quantitative estimate of drug-likeness (QED) is 0.848. The molecule has 114 valence electrons. The number of aryl methyl sites for hydroxylation is 1. The van der Waals surface area contributed by atoms with Gasteiger partial charge in [0, 0.05) is 38.8 Å². The van der Waals surface area contributed by atoms with Gasteiger partial charge in [-0.1, -0.05) is 6.07 Å². The normalized spacial score (nSPS) is 15.0. The molecule has 2 aromatic rings. The maximum atomic E-state index is 12.0. The Labute approximate surface area is 128 Å². The zero-order chi connectivity index (χ0) is 13.9. The zero-order valence-electron chi connectivity index (χ0n) is 11.6. The molecule has 0 radical (unpaired) electrons. The molecule has 1 amide bonds. The van der Waals surface area contributed by atoms with Crippen molar-refractivity contribution in [2.45, 2.75) is 13.0 Å². The lowest BCUT2D eigenvalue weighted by Gasteiger charge is -2.27. The second kappa shape index (κ2) is 6.73. The van der Waals surface area contributed by atoms with Gasteiger partial charge in [0.25, 0.3) is 0 Å². The summed E-state index contributed by atoms with van der Waals surface area (Å²) in [5.41, 5.74) is 0.404. The standard InChI is InChI=1S/C13H17N5O2.ClH/c19-12(16-9-5-14-6-10-16)4-8-18-13(20)17-7-2-1-3-11(17)15-18;/h1-3,7,14H,4-6,8-10H2;1H. The summed E-state index contributed by atoms with van der Waals surface area (Å²) >= 11 is 0. The molecular weight excluding hydrogens is 294 g/mol. The fraction of sp³-hybridized carbons (Fsp3) is 0.462. The van der Waals surface area contributed by atoms with Crippen LogP contribution < -0.4 is 11.0 Å². The largest absolute Gasteiger partial charge is 0.350 e. The number of halogens is 1. The summed E-state index contributed by atoms with van der Waals surface area (Å²) in [7, 11) is 0. The van der Waals surface area contributed by atoms with Crippen LogP contribution in [0.4, 0.5) is 0 Å². The highest BCUT2D eigenvalue weighted by atomic mass is 35.5. The molecule has 0 saturated carbocycles. The number of fused-ring (bicyclic) bond motifs is 1. The Morgan fingerprint density at radius 1 is 1.29 bits per heavy atom. The molecule has 7 nitrogen and oxygen atoms in total. The van der Waals surface area contributed by atoms with Crippen LogP contribution in [0.15, 0.2) is 29.2 Å². The van der Waals surface area contributed by atoms with Gasteiger partial charge in [-0.05, 0) is 12.1 Å². The van der Waals surface area contributed by atoms with Gasteiger partial charge in [0.15, 0.2) is 5.65 Å². The van der Waals surface area contributed by atoms with Crippen molar-refractivity contribution in [2.24, 2.45) is 0 Å². The molecular formula is C13H18ClN5O2. The highest BCUT2D eigenvalue weighted by molar-refractivity contribution is 5.85. The van der Waals surface area contributed by atoms with Crippen molar-refractivity contribution < 1.29 is 4.79 Å². The van der Waals surface area contributed by atoms with Crippen molar-refractivity contribution in [2.75, 3.05) is 26.2 Å². The first-order valence-electron chi connectivity index (χ1n) is 6.78. The van der Waals surface area contributed by atoms with E-state index in [9.17, 15) is 9.59 Å². The molecule has 0 unspecified atom stereocenters. The summed E-state index contributed by atoms with van der Waals surface area (Å²) < 4.78 is 2.84. The van der Waals surface area contributed by atoms with Crippen molar-refractivity contribution in [1.29, 1.82) is 0 Å². The number of hydrogen-bond acceptors (Lipinski definition) is 4. The maximum Gasteiger partial charge on any atom is 0.350 e. The Morgan fingerprint density at radius 2 is 2.05 bits per heavy atom. The SMILES string of the molecule is Cl.O=C(CCn1nc2ccccn2c1=O)N1CCNCC1. The average Bonchev–Trinajstić information content (AvgIpc) is 2.83. The number of rotatable bonds is 3. The molecule has 8 heteroatoms. The van der Waals surface area contributed by atoms with Crippen LogP contribution in [0.1, 0.15) is 6.42 Å². The van der Waals surface area contributed by atoms with Crippen LogP contribution in [-0.4, -0.2) is 51.2 Å². The molecule has 3 heterocycles. The van der Waals surface area contributed by atoms with Crippen LogP contribution in [0.2, 0.25) is 0 Å². The molecule has 0 spiro atoms. The minimum atomic E-state index is -0.200. The predicted octanol–water partition coefficient (Wildman–Crippen LogP) is -0.260. The van der Waals surface area contributed by atoms with Crippen molar-refractivity contribution in [3.05, 3.63) is 34.9 Å². The monoisotopic (exact) mass is 311 g/mol. The second-order valence-electron chi connectivity index (χ2n) is 4.82. The first-order valence-corrected chi connectivity index (χ1v) is 6.78. The number of aromatic nitrogens is 3. The summed E-state index contributed by atoms with van der Waals surface area (Å²) in [6.07, 6.45) is 1.99. The van der Waals surface area contributed by atoms with E-state index < -0.39 is 0 Å². The molecule has 2 aromatic heterocycles. The number of nitrogens with one attached hydrogen (secondary N) is 1. The van der Waals surface area contributed by atoms with Gasteiger partial charge in [-0.3, -0.25) is 9.20 Å². The van der Waals surface area contributed by atoms with Gasteiger partial charge in [-0.15, -0.1) is 17.5 Å². The third kappa shape index (κ3) is 3.25. The van der Waals surface area contributed by atoms with Gasteiger partial charge in [0.05, 0.1) is 6.54 Å². The molecule has 1 fully saturated rings. The molecule has 0 bridgehead atoms. The van der Waals surface area contributed by atoms with Gasteiger partial charge in [-0.25, -0.2) is 9.48 Å². The van der Waals surface area contributed by atoms with E-state index in [4.69, 9.17) is 0 Å². The molecule has 0 aliphatic carbocycles. The van der Waals surface area contributed by atoms with Gasteiger partial charge in [-0.2, -0.15) is 0 Å². The number of hydrogen-bond donors (Lipinski definition) is 1. The Morgan fingerprint density at radius 3 is 2.76 bits per heavy atom. The van der Waals surface area contributed by atoms with Crippen LogP contribution >= 0.6 is 12.4 Å². The van der Waals surface area contributed by atoms with Gasteiger partial charge in [0.1, 0.15) is 0 Å².